The number of aryl methyl sites for hydroxylation is 2. The van der Waals surface area contributed by atoms with E-state index in [1.54, 1.807) is 13.0 Å². The van der Waals surface area contributed by atoms with Crippen LogP contribution in [0, 0.1) is 6.92 Å². The number of hydrogen-bond donors (Lipinski definition) is 2. The molecule has 0 aliphatic carbocycles. The van der Waals surface area contributed by atoms with Crippen LogP contribution in [0.4, 0.5) is 0 Å². The molecule has 0 unspecified atom stereocenters. The number of carboxylic acids is 1. The summed E-state index contributed by atoms with van der Waals surface area (Å²) in [5, 5.41) is 17.8. The Morgan fingerprint density at radius 2 is 1.83 bits per heavy atom. The molecule has 100 valence electrons. The first kappa shape index (κ1) is 14.5. The molecule has 1 aromatic heterocycles. The van der Waals surface area contributed by atoms with E-state index in [1.165, 1.54) is 0 Å². The fourth-order valence-electron chi connectivity index (χ4n) is 1.86. The van der Waals surface area contributed by atoms with Crippen molar-refractivity contribution in [2.45, 2.75) is 51.9 Å². The molecule has 0 atom stereocenters. The van der Waals surface area contributed by atoms with Gasteiger partial charge in [0.15, 0.2) is 0 Å². The Balaban J connectivity index is 2.10. The highest BCUT2D eigenvalue weighted by atomic mass is 16.4. The van der Waals surface area contributed by atoms with Crippen molar-refractivity contribution < 1.29 is 15.0 Å². The zero-order valence-electron chi connectivity index (χ0n) is 10.9. The van der Waals surface area contributed by atoms with Crippen molar-refractivity contribution >= 4 is 5.97 Å². The number of carboxylic acid groups (broad SMARTS) is 1. The van der Waals surface area contributed by atoms with Gasteiger partial charge in [0.05, 0.1) is 5.69 Å². The molecule has 0 fully saturated rings. The van der Waals surface area contributed by atoms with Crippen molar-refractivity contribution in [2.24, 2.45) is 0 Å². The molecule has 0 aromatic carbocycles. The highest BCUT2D eigenvalue weighted by Gasteiger charge is 2.00. The number of rotatable bonds is 8. The molecule has 18 heavy (non-hydrogen) atoms. The zero-order chi connectivity index (χ0) is 13.4. The van der Waals surface area contributed by atoms with Gasteiger partial charge < -0.3 is 10.2 Å². The summed E-state index contributed by atoms with van der Waals surface area (Å²) in [5.41, 5.74) is 1.68. The van der Waals surface area contributed by atoms with Crippen LogP contribution in [0.2, 0.25) is 0 Å². The lowest BCUT2D eigenvalue weighted by molar-refractivity contribution is -0.137. The van der Waals surface area contributed by atoms with E-state index in [1.807, 2.05) is 6.07 Å². The monoisotopic (exact) mass is 251 g/mol. The maximum absolute atomic E-state index is 10.3. The molecular weight excluding hydrogens is 230 g/mol. The minimum absolute atomic E-state index is 0.243. The van der Waals surface area contributed by atoms with Gasteiger partial charge in [-0.2, -0.15) is 0 Å². The van der Waals surface area contributed by atoms with Gasteiger partial charge in [-0.05, 0) is 38.3 Å². The quantitative estimate of drug-likeness (QED) is 0.697. The third-order valence-electron chi connectivity index (χ3n) is 2.94. The van der Waals surface area contributed by atoms with Crippen molar-refractivity contribution in [3.05, 3.63) is 23.5 Å². The van der Waals surface area contributed by atoms with Gasteiger partial charge in [0.1, 0.15) is 5.75 Å². The van der Waals surface area contributed by atoms with Gasteiger partial charge in [-0.25, -0.2) is 0 Å². The first-order chi connectivity index (χ1) is 8.59. The number of aromatic nitrogens is 1. The number of hydrogen-bond acceptors (Lipinski definition) is 3. The van der Waals surface area contributed by atoms with Crippen LogP contribution in [0.5, 0.6) is 5.75 Å². The fourth-order valence-corrected chi connectivity index (χ4v) is 1.86. The van der Waals surface area contributed by atoms with Gasteiger partial charge in [0, 0.05) is 12.1 Å². The highest BCUT2D eigenvalue weighted by molar-refractivity contribution is 5.66. The third kappa shape index (κ3) is 5.66. The molecule has 1 rings (SSSR count). The lowest BCUT2D eigenvalue weighted by Crippen LogP contribution is -1.94. The van der Waals surface area contributed by atoms with E-state index < -0.39 is 5.97 Å². The Morgan fingerprint density at radius 3 is 2.50 bits per heavy atom. The van der Waals surface area contributed by atoms with Crippen molar-refractivity contribution in [1.29, 1.82) is 0 Å². The van der Waals surface area contributed by atoms with E-state index in [2.05, 4.69) is 4.98 Å². The van der Waals surface area contributed by atoms with E-state index in [9.17, 15) is 9.90 Å². The number of nitrogens with zero attached hydrogens (tertiary/aromatic N) is 1. The first-order valence-corrected chi connectivity index (χ1v) is 6.47. The second-order valence-corrected chi connectivity index (χ2v) is 4.57. The van der Waals surface area contributed by atoms with Crippen molar-refractivity contribution in [3.63, 3.8) is 0 Å². The molecule has 0 saturated carbocycles. The lowest BCUT2D eigenvalue weighted by Gasteiger charge is -2.03. The molecule has 0 amide bonds. The minimum Gasteiger partial charge on any atom is -0.506 e. The van der Waals surface area contributed by atoms with Crippen molar-refractivity contribution in [2.75, 3.05) is 0 Å². The van der Waals surface area contributed by atoms with Crippen LogP contribution in [0.3, 0.4) is 0 Å². The average molecular weight is 251 g/mol. The van der Waals surface area contributed by atoms with Gasteiger partial charge in [-0.3, -0.25) is 9.78 Å². The number of pyridine rings is 1. The molecule has 0 aliphatic rings. The standard InChI is InChI=1S/C14H21NO3/c1-11-13(16)10-9-12(15-11)7-5-3-2-4-6-8-14(17)18/h9-10,16H,2-8H2,1H3,(H,17,18). The number of unbranched alkanes of at least 4 members (excludes halogenated alkanes) is 4. The minimum atomic E-state index is -0.709. The summed E-state index contributed by atoms with van der Waals surface area (Å²) in [5.74, 6) is -0.466. The predicted octanol–water partition coefficient (Wildman–Crippen LogP) is 3.06. The molecular formula is C14H21NO3. The molecule has 4 nitrogen and oxygen atoms in total. The second-order valence-electron chi connectivity index (χ2n) is 4.57. The highest BCUT2D eigenvalue weighted by Crippen LogP contribution is 2.15. The van der Waals surface area contributed by atoms with Crippen molar-refractivity contribution in [1.82, 2.24) is 4.98 Å². The van der Waals surface area contributed by atoms with Crippen LogP contribution in [0.15, 0.2) is 12.1 Å². The van der Waals surface area contributed by atoms with Crippen LogP contribution < -0.4 is 0 Å². The normalized spacial score (nSPS) is 10.5. The van der Waals surface area contributed by atoms with Crippen LogP contribution in [-0.4, -0.2) is 21.2 Å². The van der Waals surface area contributed by atoms with Crippen LogP contribution >= 0.6 is 0 Å². The average Bonchev–Trinajstić information content (AvgIpc) is 2.32. The maximum Gasteiger partial charge on any atom is 0.303 e. The Morgan fingerprint density at radius 1 is 1.17 bits per heavy atom. The summed E-state index contributed by atoms with van der Waals surface area (Å²) in [6, 6.07) is 3.54. The fraction of sp³-hybridized carbons (Fsp3) is 0.571. The summed E-state index contributed by atoms with van der Waals surface area (Å²) < 4.78 is 0. The van der Waals surface area contributed by atoms with Crippen LogP contribution in [-0.2, 0) is 11.2 Å². The van der Waals surface area contributed by atoms with Crippen LogP contribution in [0.25, 0.3) is 0 Å². The summed E-state index contributed by atoms with van der Waals surface area (Å²) in [4.78, 5) is 14.6. The van der Waals surface area contributed by atoms with Gasteiger partial charge in [0.25, 0.3) is 0 Å². The predicted molar refractivity (Wildman–Crippen MR) is 69.7 cm³/mol. The molecule has 0 saturated heterocycles. The number of aromatic hydroxyl groups is 1. The molecule has 1 heterocycles. The van der Waals surface area contributed by atoms with Crippen molar-refractivity contribution in [3.8, 4) is 5.75 Å². The van der Waals surface area contributed by atoms with Crippen LogP contribution in [0.1, 0.15) is 49.9 Å². The molecule has 2 N–H and O–H groups in total. The summed E-state index contributed by atoms with van der Waals surface area (Å²) in [6.45, 7) is 1.80. The van der Waals surface area contributed by atoms with E-state index >= 15 is 0 Å². The number of carbonyl (C=O) groups is 1. The van der Waals surface area contributed by atoms with E-state index in [-0.39, 0.29) is 12.2 Å². The van der Waals surface area contributed by atoms with Gasteiger partial charge in [-0.15, -0.1) is 0 Å². The van der Waals surface area contributed by atoms with Gasteiger partial charge in [0.2, 0.25) is 0 Å². The molecule has 4 heteroatoms. The summed E-state index contributed by atoms with van der Waals surface area (Å²) in [6.07, 6.45) is 6.18. The topological polar surface area (TPSA) is 70.4 Å². The molecule has 0 bridgehead atoms. The molecule has 0 spiro atoms. The molecule has 0 aliphatic heterocycles. The largest absolute Gasteiger partial charge is 0.506 e. The SMILES string of the molecule is Cc1nc(CCCCCCCC(=O)O)ccc1O. The summed E-state index contributed by atoms with van der Waals surface area (Å²) >= 11 is 0. The first-order valence-electron chi connectivity index (χ1n) is 6.47. The second kappa shape index (κ2) is 7.69. The van der Waals surface area contributed by atoms with E-state index in [0.29, 0.717) is 5.69 Å². The maximum atomic E-state index is 10.3. The Hall–Kier alpha value is -1.58. The summed E-state index contributed by atoms with van der Waals surface area (Å²) in [7, 11) is 0. The molecule has 1 aromatic rings. The smallest absolute Gasteiger partial charge is 0.303 e. The third-order valence-corrected chi connectivity index (χ3v) is 2.94. The van der Waals surface area contributed by atoms with Gasteiger partial charge in [-0.1, -0.05) is 19.3 Å². The zero-order valence-corrected chi connectivity index (χ0v) is 10.9. The van der Waals surface area contributed by atoms with Gasteiger partial charge >= 0.3 is 5.97 Å². The molecule has 0 radical (unpaired) electrons. The Labute approximate surface area is 108 Å². The Kier molecular flexibility index (Phi) is 6.19. The Bertz CT molecular complexity index is 391. The number of aliphatic carboxylic acids is 1. The lowest BCUT2D eigenvalue weighted by atomic mass is 10.1. The van der Waals surface area contributed by atoms with E-state index in [0.717, 1.165) is 44.2 Å². The van der Waals surface area contributed by atoms with E-state index in [4.69, 9.17) is 5.11 Å².